The van der Waals surface area contributed by atoms with Crippen molar-refractivity contribution >= 4 is 39.0 Å². The van der Waals surface area contributed by atoms with Crippen LogP contribution in [0.5, 0.6) is 5.75 Å². The third kappa shape index (κ3) is 3.64. The molecule has 0 saturated carbocycles. The topological polar surface area (TPSA) is 34.1 Å². The second kappa shape index (κ2) is 6.95. The Kier molecular flexibility index (Phi) is 5.26. The van der Waals surface area contributed by atoms with E-state index < -0.39 is 0 Å². The van der Waals surface area contributed by atoms with Crippen LogP contribution >= 0.6 is 27.5 Å². The molecule has 0 aliphatic rings. The fourth-order valence-electron chi connectivity index (χ4n) is 1.82. The van der Waals surface area contributed by atoms with E-state index in [9.17, 15) is 0 Å². The number of halogens is 2. The molecule has 0 fully saturated rings. The smallest absolute Gasteiger partial charge is 0.144 e. The molecule has 0 unspecified atom stereocenters. The average molecular weight is 356 g/mol. The standard InChI is InChI=1S/C15H16BrClN2O/c1-3-20-14-5-4-12(7-11(14)8-17)19-15-13(16)6-10(2)9-18-15/h4-7,9H,3,8H2,1-2H3,(H,18,19). The predicted molar refractivity (Wildman–Crippen MR) is 87.1 cm³/mol. The van der Waals surface area contributed by atoms with Gasteiger partial charge in [-0.2, -0.15) is 0 Å². The highest BCUT2D eigenvalue weighted by atomic mass is 79.9. The van der Waals surface area contributed by atoms with Crippen molar-refractivity contribution in [3.8, 4) is 5.75 Å². The van der Waals surface area contributed by atoms with E-state index in [0.29, 0.717) is 12.5 Å². The van der Waals surface area contributed by atoms with Gasteiger partial charge in [-0.25, -0.2) is 4.98 Å². The van der Waals surface area contributed by atoms with Gasteiger partial charge in [0.1, 0.15) is 11.6 Å². The molecule has 5 heteroatoms. The molecule has 1 aromatic heterocycles. The molecule has 0 spiro atoms. The first-order valence-corrected chi connectivity index (χ1v) is 7.67. The molecule has 0 aliphatic heterocycles. The van der Waals surface area contributed by atoms with E-state index in [1.807, 2.05) is 44.3 Å². The predicted octanol–water partition coefficient (Wildman–Crippen LogP) is 5.03. The largest absolute Gasteiger partial charge is 0.494 e. The highest BCUT2D eigenvalue weighted by molar-refractivity contribution is 9.10. The number of rotatable bonds is 5. The fourth-order valence-corrected chi connectivity index (χ4v) is 2.59. The van der Waals surface area contributed by atoms with Crippen LogP contribution in [0.3, 0.4) is 0 Å². The average Bonchev–Trinajstić information content (AvgIpc) is 2.43. The molecule has 0 atom stereocenters. The summed E-state index contributed by atoms with van der Waals surface area (Å²) >= 11 is 9.47. The second-order valence-corrected chi connectivity index (χ2v) is 5.48. The van der Waals surface area contributed by atoms with Crippen LogP contribution < -0.4 is 10.1 Å². The van der Waals surface area contributed by atoms with Gasteiger partial charge in [-0.15, -0.1) is 11.6 Å². The Morgan fingerprint density at radius 1 is 1.35 bits per heavy atom. The summed E-state index contributed by atoms with van der Waals surface area (Å²) in [6.45, 7) is 4.59. The SMILES string of the molecule is CCOc1ccc(Nc2ncc(C)cc2Br)cc1CCl. The van der Waals surface area contributed by atoms with Gasteiger partial charge in [-0.05, 0) is 59.6 Å². The Balaban J connectivity index is 2.25. The monoisotopic (exact) mass is 354 g/mol. The van der Waals surface area contributed by atoms with Crippen LogP contribution in [0.15, 0.2) is 34.9 Å². The van der Waals surface area contributed by atoms with Gasteiger partial charge >= 0.3 is 0 Å². The minimum Gasteiger partial charge on any atom is -0.494 e. The third-order valence-electron chi connectivity index (χ3n) is 2.74. The number of nitrogens with zero attached hydrogens (tertiary/aromatic N) is 1. The van der Waals surface area contributed by atoms with Gasteiger partial charge in [-0.3, -0.25) is 0 Å². The number of pyridine rings is 1. The number of alkyl halides is 1. The molecule has 106 valence electrons. The maximum atomic E-state index is 5.96. The van der Waals surface area contributed by atoms with E-state index in [4.69, 9.17) is 16.3 Å². The summed E-state index contributed by atoms with van der Waals surface area (Å²) in [5.74, 6) is 2.01. The first-order valence-electron chi connectivity index (χ1n) is 6.35. The molecule has 0 amide bonds. The Hall–Kier alpha value is -1.26. The lowest BCUT2D eigenvalue weighted by atomic mass is 10.2. The van der Waals surface area contributed by atoms with Gasteiger partial charge in [0.25, 0.3) is 0 Å². The Morgan fingerprint density at radius 2 is 2.15 bits per heavy atom. The van der Waals surface area contributed by atoms with Crippen molar-refractivity contribution in [1.82, 2.24) is 4.98 Å². The van der Waals surface area contributed by atoms with Crippen LogP contribution in [-0.2, 0) is 5.88 Å². The van der Waals surface area contributed by atoms with Crippen molar-refractivity contribution in [1.29, 1.82) is 0 Å². The molecular formula is C15H16BrClN2O. The molecule has 1 N–H and O–H groups in total. The first kappa shape index (κ1) is 15.1. The fraction of sp³-hybridized carbons (Fsp3) is 0.267. The molecule has 20 heavy (non-hydrogen) atoms. The zero-order valence-corrected chi connectivity index (χ0v) is 13.8. The molecule has 3 nitrogen and oxygen atoms in total. The van der Waals surface area contributed by atoms with Crippen molar-refractivity contribution in [2.45, 2.75) is 19.7 Å². The van der Waals surface area contributed by atoms with Gasteiger partial charge in [0.15, 0.2) is 0 Å². The Bertz CT molecular complexity index is 604. The van der Waals surface area contributed by atoms with E-state index in [1.165, 1.54) is 0 Å². The van der Waals surface area contributed by atoms with Crippen LogP contribution in [-0.4, -0.2) is 11.6 Å². The van der Waals surface area contributed by atoms with Crippen molar-refractivity contribution in [2.24, 2.45) is 0 Å². The molecule has 0 bridgehead atoms. The van der Waals surface area contributed by atoms with Gasteiger partial charge in [-0.1, -0.05) is 0 Å². The maximum absolute atomic E-state index is 5.96. The number of anilines is 2. The Labute approximate surface area is 132 Å². The highest BCUT2D eigenvalue weighted by Gasteiger charge is 2.06. The van der Waals surface area contributed by atoms with E-state index in [-0.39, 0.29) is 0 Å². The van der Waals surface area contributed by atoms with E-state index in [2.05, 4.69) is 26.2 Å². The van der Waals surface area contributed by atoms with Crippen LogP contribution in [0, 0.1) is 6.92 Å². The summed E-state index contributed by atoms with van der Waals surface area (Å²) in [5.41, 5.74) is 3.00. The van der Waals surface area contributed by atoms with Crippen LogP contribution in [0.25, 0.3) is 0 Å². The summed E-state index contributed by atoms with van der Waals surface area (Å²) < 4.78 is 6.46. The summed E-state index contributed by atoms with van der Waals surface area (Å²) in [7, 11) is 0. The second-order valence-electron chi connectivity index (χ2n) is 4.36. The molecule has 1 aromatic carbocycles. The number of hydrogen-bond donors (Lipinski definition) is 1. The van der Waals surface area contributed by atoms with E-state index in [0.717, 1.165) is 32.9 Å². The first-order chi connectivity index (χ1) is 9.63. The molecule has 2 rings (SSSR count). The van der Waals surface area contributed by atoms with Crippen LogP contribution in [0.1, 0.15) is 18.1 Å². The normalized spacial score (nSPS) is 10.4. The molecule has 2 aromatic rings. The zero-order valence-electron chi connectivity index (χ0n) is 11.4. The van der Waals surface area contributed by atoms with E-state index >= 15 is 0 Å². The summed E-state index contributed by atoms with van der Waals surface area (Å²) in [5, 5.41) is 3.27. The molecule has 1 heterocycles. The molecule has 0 aliphatic carbocycles. The van der Waals surface area contributed by atoms with Gasteiger partial charge < -0.3 is 10.1 Å². The quantitative estimate of drug-likeness (QED) is 0.763. The number of benzene rings is 1. The van der Waals surface area contributed by atoms with Gasteiger partial charge in [0.05, 0.1) is 17.0 Å². The maximum Gasteiger partial charge on any atom is 0.144 e. The molecule has 0 saturated heterocycles. The summed E-state index contributed by atoms with van der Waals surface area (Å²) in [6, 6.07) is 7.87. The van der Waals surface area contributed by atoms with Crippen molar-refractivity contribution in [3.63, 3.8) is 0 Å². The van der Waals surface area contributed by atoms with Gasteiger partial charge in [0.2, 0.25) is 0 Å². The third-order valence-corrected chi connectivity index (χ3v) is 3.64. The highest BCUT2D eigenvalue weighted by Crippen LogP contribution is 2.28. The van der Waals surface area contributed by atoms with Gasteiger partial charge in [0, 0.05) is 17.4 Å². The van der Waals surface area contributed by atoms with Crippen molar-refractivity contribution in [3.05, 3.63) is 46.1 Å². The number of aromatic nitrogens is 1. The minimum absolute atomic E-state index is 0.410. The summed E-state index contributed by atoms with van der Waals surface area (Å²) in [4.78, 5) is 4.37. The number of hydrogen-bond acceptors (Lipinski definition) is 3. The van der Waals surface area contributed by atoms with E-state index in [1.54, 1.807) is 0 Å². The lowest BCUT2D eigenvalue weighted by Crippen LogP contribution is -1.99. The molecule has 0 radical (unpaired) electrons. The Morgan fingerprint density at radius 3 is 2.80 bits per heavy atom. The van der Waals surface area contributed by atoms with Crippen molar-refractivity contribution in [2.75, 3.05) is 11.9 Å². The zero-order chi connectivity index (χ0) is 14.5. The van der Waals surface area contributed by atoms with Crippen LogP contribution in [0.2, 0.25) is 0 Å². The van der Waals surface area contributed by atoms with Crippen LogP contribution in [0.4, 0.5) is 11.5 Å². The lowest BCUT2D eigenvalue weighted by molar-refractivity contribution is 0.337. The van der Waals surface area contributed by atoms with Crippen molar-refractivity contribution < 1.29 is 4.74 Å². The molecular weight excluding hydrogens is 340 g/mol. The minimum atomic E-state index is 0.410. The lowest BCUT2D eigenvalue weighted by Gasteiger charge is -2.12. The number of ether oxygens (including phenoxy) is 1. The summed E-state index contributed by atoms with van der Waals surface area (Å²) in [6.07, 6.45) is 1.82. The number of nitrogens with one attached hydrogen (secondary N) is 1. The number of aryl methyl sites for hydroxylation is 1.